The molecule has 41 heavy (non-hydrogen) atoms. The zero-order valence-corrected chi connectivity index (χ0v) is 21.9. The van der Waals surface area contributed by atoms with Gasteiger partial charge in [-0.15, -0.1) is 0 Å². The summed E-state index contributed by atoms with van der Waals surface area (Å²) in [5.41, 5.74) is 6.44. The second-order valence-corrected chi connectivity index (χ2v) is 9.97. The van der Waals surface area contributed by atoms with E-state index >= 15 is 0 Å². The van der Waals surface area contributed by atoms with Gasteiger partial charge in [0, 0.05) is 33.7 Å². The van der Waals surface area contributed by atoms with Crippen LogP contribution in [0, 0.1) is 0 Å². The number of para-hydroxylation sites is 1. The molecule has 3 aromatic heterocycles. The molecule has 5 nitrogen and oxygen atoms in total. The molecule has 0 spiro atoms. The van der Waals surface area contributed by atoms with Gasteiger partial charge in [-0.25, -0.2) is 15.0 Å². The first kappa shape index (κ1) is 23.2. The lowest BCUT2D eigenvalue weighted by atomic mass is 10.0. The lowest BCUT2D eigenvalue weighted by molar-refractivity contribution is 0.667. The van der Waals surface area contributed by atoms with Crippen molar-refractivity contribution >= 4 is 32.7 Å². The lowest BCUT2D eigenvalue weighted by Gasteiger charge is -2.10. The quantitative estimate of drug-likeness (QED) is 0.229. The second-order valence-electron chi connectivity index (χ2n) is 9.97. The van der Waals surface area contributed by atoms with Gasteiger partial charge in [0.15, 0.2) is 23.1 Å². The lowest BCUT2D eigenvalue weighted by Crippen LogP contribution is -2.00. The first-order valence-electron chi connectivity index (χ1n) is 13.5. The van der Waals surface area contributed by atoms with Gasteiger partial charge in [0.05, 0.1) is 6.20 Å². The van der Waals surface area contributed by atoms with Crippen LogP contribution in [0.2, 0.25) is 0 Å². The van der Waals surface area contributed by atoms with Crippen molar-refractivity contribution in [1.29, 1.82) is 0 Å². The Bertz CT molecular complexity index is 2200. The van der Waals surface area contributed by atoms with E-state index in [0.29, 0.717) is 23.1 Å². The van der Waals surface area contributed by atoms with Crippen LogP contribution in [0.1, 0.15) is 0 Å². The van der Waals surface area contributed by atoms with Crippen molar-refractivity contribution in [2.75, 3.05) is 0 Å². The largest absolute Gasteiger partial charge is 0.454 e. The van der Waals surface area contributed by atoms with Crippen LogP contribution >= 0.6 is 0 Å². The Balaban J connectivity index is 1.34. The van der Waals surface area contributed by atoms with E-state index in [2.05, 4.69) is 77.8 Å². The van der Waals surface area contributed by atoms with Gasteiger partial charge < -0.3 is 4.42 Å². The summed E-state index contributed by atoms with van der Waals surface area (Å²) in [4.78, 5) is 19.5. The van der Waals surface area contributed by atoms with Crippen molar-refractivity contribution in [3.8, 4) is 45.3 Å². The summed E-state index contributed by atoms with van der Waals surface area (Å²) in [7, 11) is 0. The Morgan fingerprint density at radius 3 is 1.93 bits per heavy atom. The molecule has 0 unspecified atom stereocenters. The number of rotatable bonds is 4. The van der Waals surface area contributed by atoms with Gasteiger partial charge in [-0.1, -0.05) is 109 Å². The first-order chi connectivity index (χ1) is 20.3. The average Bonchev–Trinajstić information content (AvgIpc) is 3.44. The van der Waals surface area contributed by atoms with E-state index in [9.17, 15) is 0 Å². The smallest absolute Gasteiger partial charge is 0.166 e. The summed E-state index contributed by atoms with van der Waals surface area (Å²) in [5.74, 6) is 1.75. The maximum Gasteiger partial charge on any atom is 0.166 e. The van der Waals surface area contributed by atoms with E-state index in [1.54, 1.807) is 6.20 Å². The highest BCUT2D eigenvalue weighted by Crippen LogP contribution is 2.36. The molecule has 192 valence electrons. The fourth-order valence-corrected chi connectivity index (χ4v) is 5.37. The Kier molecular flexibility index (Phi) is 5.38. The molecule has 0 saturated carbocycles. The normalized spacial score (nSPS) is 11.4. The van der Waals surface area contributed by atoms with E-state index in [-0.39, 0.29) is 0 Å². The highest BCUT2D eigenvalue weighted by atomic mass is 16.3. The standard InChI is InChI=1S/C36H22N4O/c1-2-8-23(9-3-1)25-14-17-26(18-15-25)34-38-35(28-19-16-24-10-4-5-11-27(24)20-28)40-36(39-34)30-21-37-22-32-33(30)29-12-6-7-13-31(29)41-32/h1-22H. The van der Waals surface area contributed by atoms with Gasteiger partial charge in [-0.05, 0) is 34.0 Å². The predicted octanol–water partition coefficient (Wildman–Crippen LogP) is 8.99. The van der Waals surface area contributed by atoms with Gasteiger partial charge in [0.25, 0.3) is 0 Å². The molecule has 0 aliphatic heterocycles. The monoisotopic (exact) mass is 526 g/mol. The molecule has 0 radical (unpaired) electrons. The molecule has 0 aliphatic carbocycles. The highest BCUT2D eigenvalue weighted by molar-refractivity contribution is 6.11. The molecule has 0 N–H and O–H groups in total. The van der Waals surface area contributed by atoms with Crippen LogP contribution in [-0.4, -0.2) is 19.9 Å². The average molecular weight is 527 g/mol. The number of fused-ring (bicyclic) bond motifs is 4. The van der Waals surface area contributed by atoms with Crippen LogP contribution in [-0.2, 0) is 0 Å². The van der Waals surface area contributed by atoms with Crippen molar-refractivity contribution in [1.82, 2.24) is 19.9 Å². The molecule has 0 aliphatic rings. The molecule has 8 aromatic rings. The molecule has 8 rings (SSSR count). The Morgan fingerprint density at radius 1 is 0.439 bits per heavy atom. The molecule has 3 heterocycles. The third-order valence-corrected chi connectivity index (χ3v) is 7.42. The Hall–Kier alpha value is -5.68. The topological polar surface area (TPSA) is 64.7 Å². The van der Waals surface area contributed by atoms with Crippen molar-refractivity contribution in [3.05, 3.63) is 134 Å². The maximum absolute atomic E-state index is 6.11. The molecule has 0 saturated heterocycles. The third-order valence-electron chi connectivity index (χ3n) is 7.42. The minimum atomic E-state index is 0.551. The summed E-state index contributed by atoms with van der Waals surface area (Å²) < 4.78 is 6.11. The van der Waals surface area contributed by atoms with Crippen LogP contribution < -0.4 is 0 Å². The molecule has 0 atom stereocenters. The molecule has 0 amide bonds. The third kappa shape index (κ3) is 4.12. The number of aromatic nitrogens is 4. The van der Waals surface area contributed by atoms with Crippen molar-refractivity contribution in [2.45, 2.75) is 0 Å². The van der Waals surface area contributed by atoms with Gasteiger partial charge in [-0.3, -0.25) is 4.98 Å². The molecular weight excluding hydrogens is 504 g/mol. The maximum atomic E-state index is 6.11. The zero-order valence-electron chi connectivity index (χ0n) is 21.9. The number of benzene rings is 5. The van der Waals surface area contributed by atoms with Crippen LogP contribution in [0.25, 0.3) is 78.0 Å². The van der Waals surface area contributed by atoms with Crippen molar-refractivity contribution < 1.29 is 4.42 Å². The summed E-state index contributed by atoms with van der Waals surface area (Å²) in [5, 5.41) is 4.24. The summed E-state index contributed by atoms with van der Waals surface area (Å²) in [6.07, 6.45) is 3.56. The van der Waals surface area contributed by atoms with Crippen LogP contribution in [0.15, 0.2) is 138 Å². The zero-order chi connectivity index (χ0) is 27.2. The SMILES string of the molecule is c1ccc(-c2ccc(-c3nc(-c4ccc5ccccc5c4)nc(-c4cncc5oc6ccccc6c45)n3)cc2)cc1. The highest BCUT2D eigenvalue weighted by Gasteiger charge is 2.18. The molecule has 0 fully saturated rings. The molecule has 5 aromatic carbocycles. The number of pyridine rings is 1. The van der Waals surface area contributed by atoms with Crippen LogP contribution in [0.4, 0.5) is 0 Å². The summed E-state index contributed by atoms with van der Waals surface area (Å²) in [6, 6.07) is 41.3. The minimum absolute atomic E-state index is 0.551. The van der Waals surface area contributed by atoms with Gasteiger partial charge in [0.2, 0.25) is 0 Å². The molecule has 0 bridgehead atoms. The van der Waals surface area contributed by atoms with E-state index in [0.717, 1.165) is 49.6 Å². The Morgan fingerprint density at radius 2 is 1.07 bits per heavy atom. The van der Waals surface area contributed by atoms with Gasteiger partial charge >= 0.3 is 0 Å². The number of hydrogen-bond acceptors (Lipinski definition) is 5. The van der Waals surface area contributed by atoms with Crippen molar-refractivity contribution in [2.24, 2.45) is 0 Å². The van der Waals surface area contributed by atoms with E-state index in [4.69, 9.17) is 19.4 Å². The predicted molar refractivity (Wildman–Crippen MR) is 164 cm³/mol. The summed E-state index contributed by atoms with van der Waals surface area (Å²) >= 11 is 0. The van der Waals surface area contributed by atoms with Crippen molar-refractivity contribution in [3.63, 3.8) is 0 Å². The molecule has 5 heteroatoms. The van der Waals surface area contributed by atoms with Gasteiger partial charge in [0.1, 0.15) is 5.58 Å². The number of nitrogens with zero attached hydrogens (tertiary/aromatic N) is 4. The van der Waals surface area contributed by atoms with E-state index in [1.165, 1.54) is 5.39 Å². The Labute approximate surface area is 235 Å². The van der Waals surface area contributed by atoms with Crippen LogP contribution in [0.5, 0.6) is 0 Å². The second kappa shape index (κ2) is 9.50. The number of hydrogen-bond donors (Lipinski definition) is 0. The number of furan rings is 1. The van der Waals surface area contributed by atoms with E-state index < -0.39 is 0 Å². The van der Waals surface area contributed by atoms with E-state index in [1.807, 2.05) is 54.7 Å². The first-order valence-corrected chi connectivity index (χ1v) is 13.5. The molecular formula is C36H22N4O. The fraction of sp³-hybridized carbons (Fsp3) is 0. The summed E-state index contributed by atoms with van der Waals surface area (Å²) in [6.45, 7) is 0. The van der Waals surface area contributed by atoms with Gasteiger partial charge in [-0.2, -0.15) is 0 Å². The minimum Gasteiger partial charge on any atom is -0.454 e. The fourth-order valence-electron chi connectivity index (χ4n) is 5.37. The van der Waals surface area contributed by atoms with Crippen LogP contribution in [0.3, 0.4) is 0 Å².